The van der Waals surface area contributed by atoms with E-state index in [9.17, 15) is 4.79 Å². The maximum Gasteiger partial charge on any atom is 0.254 e. The highest BCUT2D eigenvalue weighted by molar-refractivity contribution is 6.01. The van der Waals surface area contributed by atoms with Crippen LogP contribution in [0.3, 0.4) is 0 Å². The number of hydrogen-bond acceptors (Lipinski definition) is 4. The summed E-state index contributed by atoms with van der Waals surface area (Å²) in [6.07, 6.45) is 1.57. The molecule has 1 aliphatic rings. The highest BCUT2D eigenvalue weighted by Gasteiger charge is 2.29. The molecule has 26 heavy (non-hydrogen) atoms. The zero-order valence-electron chi connectivity index (χ0n) is 14.4. The van der Waals surface area contributed by atoms with Crippen molar-refractivity contribution in [3.8, 4) is 17.2 Å². The lowest BCUT2D eigenvalue weighted by Gasteiger charge is -2.14. The van der Waals surface area contributed by atoms with Crippen molar-refractivity contribution in [3.05, 3.63) is 71.7 Å². The number of benzene rings is 2. The van der Waals surface area contributed by atoms with Crippen molar-refractivity contribution in [3.63, 3.8) is 0 Å². The lowest BCUT2D eigenvalue weighted by Crippen LogP contribution is -2.25. The molecule has 0 bridgehead atoms. The SMILES string of the molecule is C=C(C#N)CN1Cc2c(cccc2-c2ccc3ncnc(C)c3c2)C1=O. The zero-order chi connectivity index (χ0) is 18.3. The van der Waals surface area contributed by atoms with Crippen LogP contribution in [0.1, 0.15) is 21.6 Å². The molecule has 0 fully saturated rings. The first-order chi connectivity index (χ1) is 12.6. The van der Waals surface area contributed by atoms with Crippen molar-refractivity contribution in [2.75, 3.05) is 6.54 Å². The Morgan fingerprint density at radius 1 is 1.27 bits per heavy atom. The molecule has 4 rings (SSSR count). The first-order valence-corrected chi connectivity index (χ1v) is 8.29. The number of amides is 1. The molecule has 0 atom stereocenters. The van der Waals surface area contributed by atoms with E-state index >= 15 is 0 Å². The molecule has 1 aliphatic heterocycles. The fourth-order valence-corrected chi connectivity index (χ4v) is 3.41. The van der Waals surface area contributed by atoms with Gasteiger partial charge in [-0.05, 0) is 41.8 Å². The van der Waals surface area contributed by atoms with Crippen LogP contribution in [0, 0.1) is 18.3 Å². The topological polar surface area (TPSA) is 69.9 Å². The second-order valence-corrected chi connectivity index (χ2v) is 6.40. The van der Waals surface area contributed by atoms with Crippen LogP contribution in [0.4, 0.5) is 0 Å². The number of aryl methyl sites for hydroxylation is 1. The summed E-state index contributed by atoms with van der Waals surface area (Å²) in [5.74, 6) is -0.0569. The number of aromatic nitrogens is 2. The fourth-order valence-electron chi connectivity index (χ4n) is 3.41. The monoisotopic (exact) mass is 340 g/mol. The van der Waals surface area contributed by atoms with E-state index in [4.69, 9.17) is 5.26 Å². The van der Waals surface area contributed by atoms with Gasteiger partial charge in [-0.15, -0.1) is 0 Å². The predicted octanol–water partition coefficient (Wildman–Crippen LogP) is 3.64. The minimum Gasteiger partial charge on any atom is -0.329 e. The first-order valence-electron chi connectivity index (χ1n) is 8.29. The van der Waals surface area contributed by atoms with E-state index < -0.39 is 0 Å². The van der Waals surface area contributed by atoms with Crippen LogP contribution < -0.4 is 0 Å². The Morgan fingerprint density at radius 2 is 2.08 bits per heavy atom. The van der Waals surface area contributed by atoms with Crippen LogP contribution in [0.25, 0.3) is 22.0 Å². The summed E-state index contributed by atoms with van der Waals surface area (Å²) in [4.78, 5) is 22.9. The fraction of sp³-hybridized carbons (Fsp3) is 0.143. The van der Waals surface area contributed by atoms with Crippen molar-refractivity contribution in [2.45, 2.75) is 13.5 Å². The maximum atomic E-state index is 12.7. The molecule has 5 nitrogen and oxygen atoms in total. The molecule has 0 unspecified atom stereocenters. The number of fused-ring (bicyclic) bond motifs is 2. The second-order valence-electron chi connectivity index (χ2n) is 6.40. The van der Waals surface area contributed by atoms with E-state index in [1.807, 2.05) is 43.3 Å². The quantitative estimate of drug-likeness (QED) is 0.683. The summed E-state index contributed by atoms with van der Waals surface area (Å²) in [5.41, 5.74) is 5.93. The van der Waals surface area contributed by atoms with Gasteiger partial charge >= 0.3 is 0 Å². The largest absolute Gasteiger partial charge is 0.329 e. The van der Waals surface area contributed by atoms with E-state index in [1.165, 1.54) is 0 Å². The van der Waals surface area contributed by atoms with E-state index in [0.29, 0.717) is 17.7 Å². The van der Waals surface area contributed by atoms with Gasteiger partial charge in [-0.3, -0.25) is 4.79 Å². The van der Waals surface area contributed by atoms with E-state index in [2.05, 4.69) is 22.6 Å². The summed E-state index contributed by atoms with van der Waals surface area (Å²) < 4.78 is 0. The molecule has 126 valence electrons. The Kier molecular flexibility index (Phi) is 3.74. The molecule has 0 radical (unpaired) electrons. The molecular weight excluding hydrogens is 324 g/mol. The molecule has 1 amide bonds. The minimum absolute atomic E-state index is 0.0569. The number of hydrogen-bond donors (Lipinski definition) is 0. The molecule has 0 saturated heterocycles. The third-order valence-corrected chi connectivity index (χ3v) is 4.73. The van der Waals surface area contributed by atoms with Crippen LogP contribution in [-0.2, 0) is 6.54 Å². The third kappa shape index (κ3) is 2.52. The Hall–Kier alpha value is -3.52. The maximum absolute atomic E-state index is 12.7. The Bertz CT molecular complexity index is 1110. The zero-order valence-corrected chi connectivity index (χ0v) is 14.4. The third-order valence-electron chi connectivity index (χ3n) is 4.73. The van der Waals surface area contributed by atoms with Crippen molar-refractivity contribution < 1.29 is 4.79 Å². The van der Waals surface area contributed by atoms with Gasteiger partial charge in [0.05, 0.1) is 18.1 Å². The number of carbonyl (C=O) groups is 1. The standard InChI is InChI=1S/C21H16N4O/c1-13(9-22)10-25-11-19-16(4-3-5-17(19)21(25)26)15-6-7-20-18(8-15)14(2)23-12-24-20/h3-8,12H,1,10-11H2,2H3. The van der Waals surface area contributed by atoms with Gasteiger partial charge in [0.25, 0.3) is 5.91 Å². The van der Waals surface area contributed by atoms with Crippen LogP contribution >= 0.6 is 0 Å². The molecule has 2 heterocycles. The summed E-state index contributed by atoms with van der Waals surface area (Å²) in [7, 11) is 0. The molecule has 0 N–H and O–H groups in total. The first kappa shape index (κ1) is 16.0. The summed E-state index contributed by atoms with van der Waals surface area (Å²) >= 11 is 0. The minimum atomic E-state index is -0.0569. The number of nitrogens with zero attached hydrogens (tertiary/aromatic N) is 4. The Balaban J connectivity index is 1.80. The van der Waals surface area contributed by atoms with Gasteiger partial charge in [-0.25, -0.2) is 9.97 Å². The summed E-state index contributed by atoms with van der Waals surface area (Å²) in [6.45, 7) is 6.39. The van der Waals surface area contributed by atoms with Gasteiger partial charge in [0.1, 0.15) is 6.33 Å². The highest BCUT2D eigenvalue weighted by atomic mass is 16.2. The van der Waals surface area contributed by atoms with Gasteiger partial charge in [-0.2, -0.15) is 5.26 Å². The second kappa shape index (κ2) is 6.08. The predicted molar refractivity (Wildman–Crippen MR) is 99.2 cm³/mol. The molecular formula is C21H16N4O. The molecule has 0 spiro atoms. The molecule has 3 aromatic rings. The van der Waals surface area contributed by atoms with Gasteiger partial charge in [0.2, 0.25) is 0 Å². The van der Waals surface area contributed by atoms with Crippen molar-refractivity contribution in [1.29, 1.82) is 5.26 Å². The number of nitriles is 1. The average molecular weight is 340 g/mol. The average Bonchev–Trinajstić information content (AvgIpc) is 2.97. The Morgan fingerprint density at radius 3 is 2.88 bits per heavy atom. The van der Waals surface area contributed by atoms with Gasteiger partial charge in [-0.1, -0.05) is 24.8 Å². The van der Waals surface area contributed by atoms with Gasteiger partial charge in [0, 0.05) is 28.8 Å². The number of rotatable bonds is 3. The van der Waals surface area contributed by atoms with Gasteiger partial charge in [0.15, 0.2) is 0 Å². The highest BCUT2D eigenvalue weighted by Crippen LogP contribution is 2.34. The summed E-state index contributed by atoms with van der Waals surface area (Å²) in [5, 5.41) is 9.96. The summed E-state index contributed by atoms with van der Waals surface area (Å²) in [6, 6.07) is 13.8. The molecule has 2 aromatic carbocycles. The van der Waals surface area contributed by atoms with Crippen molar-refractivity contribution in [2.24, 2.45) is 0 Å². The van der Waals surface area contributed by atoms with Crippen LogP contribution in [0.2, 0.25) is 0 Å². The lowest BCUT2D eigenvalue weighted by molar-refractivity contribution is 0.0794. The van der Waals surface area contributed by atoms with Crippen LogP contribution in [-0.4, -0.2) is 27.3 Å². The van der Waals surface area contributed by atoms with Crippen molar-refractivity contribution in [1.82, 2.24) is 14.9 Å². The van der Waals surface area contributed by atoms with E-state index in [1.54, 1.807) is 11.2 Å². The van der Waals surface area contributed by atoms with Crippen LogP contribution in [0.15, 0.2) is 54.9 Å². The Labute approximate surface area is 151 Å². The molecule has 5 heteroatoms. The van der Waals surface area contributed by atoms with Crippen LogP contribution in [0.5, 0.6) is 0 Å². The normalized spacial score (nSPS) is 12.9. The van der Waals surface area contributed by atoms with Crippen molar-refractivity contribution >= 4 is 16.8 Å². The lowest BCUT2D eigenvalue weighted by atomic mass is 9.96. The van der Waals surface area contributed by atoms with E-state index in [-0.39, 0.29) is 12.5 Å². The smallest absolute Gasteiger partial charge is 0.254 e. The van der Waals surface area contributed by atoms with Gasteiger partial charge < -0.3 is 4.90 Å². The molecule has 1 aromatic heterocycles. The van der Waals surface area contributed by atoms with E-state index in [0.717, 1.165) is 33.3 Å². The molecule has 0 aliphatic carbocycles. The molecule has 0 saturated carbocycles. The number of carbonyl (C=O) groups excluding carboxylic acids is 1.